The molecule has 0 aromatic carbocycles. The van der Waals surface area contributed by atoms with Gasteiger partial charge in [-0.25, -0.2) is 0 Å². The fraction of sp³-hybridized carbons (Fsp3) is 0.500. The summed E-state index contributed by atoms with van der Waals surface area (Å²) in [4.78, 5) is 0. The van der Waals surface area contributed by atoms with Gasteiger partial charge < -0.3 is 0 Å². The van der Waals surface area contributed by atoms with Gasteiger partial charge in [-0.05, 0) is 18.5 Å². The van der Waals surface area contributed by atoms with Crippen molar-refractivity contribution in [1.82, 2.24) is 0 Å². The zero-order chi connectivity index (χ0) is 4.69. The van der Waals surface area contributed by atoms with Crippen molar-refractivity contribution in [2.75, 3.05) is 0 Å². The van der Waals surface area contributed by atoms with Gasteiger partial charge in [0.25, 0.3) is 0 Å². The number of fused-ring (bicyclic) bond motifs is 2. The topological polar surface area (TPSA) is 0 Å². The predicted molar refractivity (Wildman–Crippen MR) is 34.1 cm³/mol. The molecule has 0 aliphatic carbocycles. The molecule has 1 saturated heterocycles. The smallest absolute Gasteiger partial charge is 0.0143 e. The molecular formula is C6H8Si. The second kappa shape index (κ2) is 1.16. The van der Waals surface area contributed by atoms with Crippen molar-refractivity contribution < 1.29 is 0 Å². The molecular weight excluding hydrogens is 100 g/mol. The molecule has 0 N–H and O–H groups in total. The predicted octanol–water partition coefficient (Wildman–Crippen LogP) is 1.21. The third-order valence-corrected chi connectivity index (χ3v) is 4.21. The van der Waals surface area contributed by atoms with Gasteiger partial charge in [-0.15, -0.1) is 0 Å². The summed E-state index contributed by atoms with van der Waals surface area (Å²) in [5.41, 5.74) is 4.18. The van der Waals surface area contributed by atoms with Crippen molar-refractivity contribution in [3.8, 4) is 0 Å². The van der Waals surface area contributed by atoms with Crippen molar-refractivity contribution in [2.45, 2.75) is 18.5 Å². The van der Waals surface area contributed by atoms with E-state index in [0.29, 0.717) is 0 Å². The van der Waals surface area contributed by atoms with E-state index in [2.05, 4.69) is 11.7 Å². The van der Waals surface area contributed by atoms with Gasteiger partial charge in [0.05, 0.1) is 0 Å². The van der Waals surface area contributed by atoms with Gasteiger partial charge in [-0.3, -0.25) is 0 Å². The summed E-state index contributed by atoms with van der Waals surface area (Å²) in [6, 6.07) is 3.03. The average Bonchev–Trinajstić information content (AvgIpc) is 2.22. The van der Waals surface area contributed by atoms with Crippen molar-refractivity contribution in [2.24, 2.45) is 0 Å². The Hall–Kier alpha value is -0.173. The molecule has 1 heteroatoms. The van der Waals surface area contributed by atoms with Crippen molar-refractivity contribution in [1.29, 1.82) is 0 Å². The van der Waals surface area contributed by atoms with E-state index in [1.165, 1.54) is 18.5 Å². The highest BCUT2D eigenvalue weighted by atomic mass is 28.2. The maximum Gasteiger partial charge on any atom is 0.0143 e. The molecule has 0 aromatic heterocycles. The molecule has 0 atom stereocenters. The van der Waals surface area contributed by atoms with Crippen LogP contribution < -0.4 is 0 Å². The molecule has 0 unspecified atom stereocenters. The van der Waals surface area contributed by atoms with Crippen LogP contribution in [0.1, 0.15) is 6.42 Å². The lowest BCUT2D eigenvalue weighted by molar-refractivity contribution is 1.15. The van der Waals surface area contributed by atoms with Gasteiger partial charge in [-0.1, -0.05) is 17.3 Å². The zero-order valence-electron chi connectivity index (χ0n) is 4.28. The quantitative estimate of drug-likeness (QED) is 0.409. The van der Waals surface area contributed by atoms with Crippen molar-refractivity contribution >= 4 is 14.1 Å². The van der Waals surface area contributed by atoms with Gasteiger partial charge in [0.15, 0.2) is 0 Å². The number of allylic oxidation sites excluding steroid dienone is 2. The van der Waals surface area contributed by atoms with Crippen LogP contribution in [0.2, 0.25) is 12.1 Å². The van der Waals surface area contributed by atoms with Crippen molar-refractivity contribution in [3.63, 3.8) is 0 Å². The summed E-state index contributed by atoms with van der Waals surface area (Å²) >= 11 is 0. The number of rotatable bonds is 0. The van der Waals surface area contributed by atoms with E-state index in [1.807, 2.05) is 0 Å². The molecule has 0 radical (unpaired) electrons. The fourth-order valence-electron chi connectivity index (χ4n) is 1.31. The highest BCUT2D eigenvalue weighted by molar-refractivity contribution is 6.70. The SMILES string of the molecule is C1=C2CC[Si](=C1)C2. The third-order valence-electron chi connectivity index (χ3n) is 1.78. The van der Waals surface area contributed by atoms with Crippen LogP contribution in [0.4, 0.5) is 0 Å². The first kappa shape index (κ1) is 3.78. The maximum atomic E-state index is 2.45. The Balaban J connectivity index is 2.45. The minimum atomic E-state index is 0.105. The lowest BCUT2D eigenvalue weighted by Crippen LogP contribution is -1.90. The summed E-state index contributed by atoms with van der Waals surface area (Å²) in [7, 11) is 0.105. The molecule has 2 aliphatic heterocycles. The fourth-order valence-corrected chi connectivity index (χ4v) is 3.76. The van der Waals surface area contributed by atoms with E-state index in [1.54, 1.807) is 5.57 Å². The normalized spacial score (nSPS) is 25.1. The molecule has 0 aromatic rings. The molecule has 7 heavy (non-hydrogen) atoms. The van der Waals surface area contributed by atoms with Crippen LogP contribution in [0.3, 0.4) is 0 Å². The second-order valence-corrected chi connectivity index (χ2v) is 4.83. The van der Waals surface area contributed by atoms with Crippen LogP contribution in [-0.2, 0) is 0 Å². The van der Waals surface area contributed by atoms with Gasteiger partial charge in [0, 0.05) is 8.41 Å². The highest BCUT2D eigenvalue weighted by Gasteiger charge is 2.15. The molecule has 2 aliphatic rings. The molecule has 1 fully saturated rings. The molecule has 2 heterocycles. The van der Waals surface area contributed by atoms with Crippen LogP contribution in [0.15, 0.2) is 11.6 Å². The van der Waals surface area contributed by atoms with E-state index in [4.69, 9.17) is 0 Å². The van der Waals surface area contributed by atoms with Crippen LogP contribution in [0.5, 0.6) is 0 Å². The number of hydrogen-bond acceptors (Lipinski definition) is 0. The van der Waals surface area contributed by atoms with E-state index in [0.717, 1.165) is 0 Å². The second-order valence-electron chi connectivity index (χ2n) is 2.33. The first-order chi connectivity index (χ1) is 3.45. The Kier molecular flexibility index (Phi) is 0.626. The molecule has 0 amide bonds. The summed E-state index contributed by atoms with van der Waals surface area (Å²) in [6.45, 7) is 0. The lowest BCUT2D eigenvalue weighted by Gasteiger charge is -1.87. The van der Waals surface area contributed by atoms with Gasteiger partial charge in [-0.2, -0.15) is 0 Å². The average molecular weight is 108 g/mol. The highest BCUT2D eigenvalue weighted by Crippen LogP contribution is 2.25. The molecule has 0 spiro atoms. The Labute approximate surface area is 45.1 Å². The Morgan fingerprint density at radius 3 is 2.71 bits per heavy atom. The molecule has 0 nitrogen and oxygen atoms in total. The molecule has 2 bridgehead atoms. The van der Waals surface area contributed by atoms with Crippen LogP contribution in [0.25, 0.3) is 0 Å². The zero-order valence-corrected chi connectivity index (χ0v) is 5.28. The molecule has 2 rings (SSSR count). The maximum absolute atomic E-state index is 2.45. The van der Waals surface area contributed by atoms with Crippen LogP contribution >= 0.6 is 0 Å². The molecule has 0 saturated carbocycles. The Morgan fingerprint density at radius 1 is 1.57 bits per heavy atom. The minimum absolute atomic E-state index is 0.105. The van der Waals surface area contributed by atoms with E-state index in [-0.39, 0.29) is 8.41 Å². The summed E-state index contributed by atoms with van der Waals surface area (Å²) in [5, 5.41) is 0. The van der Waals surface area contributed by atoms with E-state index in [9.17, 15) is 0 Å². The van der Waals surface area contributed by atoms with Crippen LogP contribution in [-0.4, -0.2) is 14.1 Å². The van der Waals surface area contributed by atoms with Gasteiger partial charge in [0.1, 0.15) is 0 Å². The Morgan fingerprint density at radius 2 is 2.57 bits per heavy atom. The summed E-state index contributed by atoms with van der Waals surface area (Å²) in [5.74, 6) is 0. The first-order valence-corrected chi connectivity index (χ1v) is 4.82. The lowest BCUT2D eigenvalue weighted by atomic mass is 10.2. The molecule has 36 valence electrons. The Bertz CT molecular complexity index is 136. The number of hydrogen-bond donors (Lipinski definition) is 0. The van der Waals surface area contributed by atoms with E-state index < -0.39 is 0 Å². The van der Waals surface area contributed by atoms with Gasteiger partial charge >= 0.3 is 0 Å². The standard InChI is InChI=1S/C6H8Si/c1-3-7-4-2-6(1)5-7/h1,3H,2,4-5H2. The largest absolute Gasteiger partial charge is 0.0815 e. The van der Waals surface area contributed by atoms with E-state index >= 15 is 0 Å². The van der Waals surface area contributed by atoms with Crippen LogP contribution in [0, 0.1) is 0 Å². The third kappa shape index (κ3) is 0.446. The minimum Gasteiger partial charge on any atom is -0.0815 e. The van der Waals surface area contributed by atoms with Crippen molar-refractivity contribution in [3.05, 3.63) is 11.6 Å². The summed E-state index contributed by atoms with van der Waals surface area (Å²) in [6.07, 6.45) is 3.78. The van der Waals surface area contributed by atoms with Gasteiger partial charge in [0.2, 0.25) is 0 Å². The monoisotopic (exact) mass is 108 g/mol. The summed E-state index contributed by atoms with van der Waals surface area (Å²) < 4.78 is 0. The first-order valence-electron chi connectivity index (χ1n) is 2.82.